The van der Waals surface area contributed by atoms with Gasteiger partial charge in [0.05, 0.1) is 19.3 Å². The van der Waals surface area contributed by atoms with Crippen molar-refractivity contribution in [2.24, 2.45) is 0 Å². The molecule has 0 fully saturated rings. The summed E-state index contributed by atoms with van der Waals surface area (Å²) in [7, 11) is 0. The number of hydrogen-bond acceptors (Lipinski definition) is 5. The van der Waals surface area contributed by atoms with Gasteiger partial charge in [0.15, 0.2) is 0 Å². The van der Waals surface area contributed by atoms with Crippen molar-refractivity contribution in [3.8, 4) is 6.07 Å². The van der Waals surface area contributed by atoms with Crippen molar-refractivity contribution in [2.45, 2.75) is 6.04 Å². The maximum Gasteiger partial charge on any atom is 0.266 e. The molecule has 0 aromatic heterocycles. The van der Waals surface area contributed by atoms with Crippen molar-refractivity contribution >= 4 is 5.91 Å². The lowest BCUT2D eigenvalue weighted by Crippen LogP contribution is -2.37. The highest BCUT2D eigenvalue weighted by molar-refractivity contribution is 5.97. The minimum atomic E-state index is -0.534. The van der Waals surface area contributed by atoms with E-state index in [1.54, 1.807) is 0 Å². The summed E-state index contributed by atoms with van der Waals surface area (Å²) in [5.74, 6) is -0.534. The number of nitrogens with zero attached hydrogens (tertiary/aromatic N) is 2. The normalized spacial score (nSPS) is 11.1. The van der Waals surface area contributed by atoms with Gasteiger partial charge in [0.1, 0.15) is 11.6 Å². The molecule has 6 heteroatoms. The zero-order valence-electron chi connectivity index (χ0n) is 15.0. The minimum absolute atomic E-state index is 0.0548. The lowest BCUT2D eigenvalue weighted by Gasteiger charge is -2.21. The van der Waals surface area contributed by atoms with Gasteiger partial charge in [-0.3, -0.25) is 4.79 Å². The molecule has 2 aromatic rings. The Labute approximate surface area is 159 Å². The number of carbonyl (C=O) groups is 1. The van der Waals surface area contributed by atoms with Crippen LogP contribution in [0.3, 0.4) is 0 Å². The number of amides is 1. The first kappa shape index (κ1) is 20.2. The maximum absolute atomic E-state index is 12.5. The van der Waals surface area contributed by atoms with Crippen LogP contribution in [0.1, 0.15) is 17.2 Å². The molecule has 0 aliphatic carbocycles. The van der Waals surface area contributed by atoms with Crippen molar-refractivity contribution in [3.63, 3.8) is 0 Å². The molecule has 0 bridgehead atoms. The van der Waals surface area contributed by atoms with E-state index in [-0.39, 0.29) is 37.9 Å². The Hall–Kier alpha value is -3.14. The van der Waals surface area contributed by atoms with Gasteiger partial charge in [0.2, 0.25) is 0 Å². The van der Waals surface area contributed by atoms with Crippen LogP contribution in [0.2, 0.25) is 0 Å². The van der Waals surface area contributed by atoms with Crippen LogP contribution in [-0.2, 0) is 4.79 Å². The van der Waals surface area contributed by atoms with Crippen molar-refractivity contribution < 1.29 is 15.0 Å². The molecule has 0 spiro atoms. The van der Waals surface area contributed by atoms with Crippen LogP contribution in [0.5, 0.6) is 0 Å². The second-order valence-corrected chi connectivity index (χ2v) is 5.83. The monoisotopic (exact) mass is 365 g/mol. The highest BCUT2D eigenvalue weighted by atomic mass is 16.3. The van der Waals surface area contributed by atoms with Gasteiger partial charge in [-0.05, 0) is 11.1 Å². The highest BCUT2D eigenvalue weighted by Gasteiger charge is 2.19. The van der Waals surface area contributed by atoms with Crippen LogP contribution in [0.25, 0.3) is 0 Å². The summed E-state index contributed by atoms with van der Waals surface area (Å²) in [6.45, 7) is -0.374. The summed E-state index contributed by atoms with van der Waals surface area (Å²) in [6, 6.07) is 21.1. The molecule has 0 radical (unpaired) electrons. The fourth-order valence-electron chi connectivity index (χ4n) is 2.71. The number of nitrogens with one attached hydrogen (secondary N) is 1. The number of hydrogen-bond donors (Lipinski definition) is 3. The molecule has 0 atom stereocenters. The summed E-state index contributed by atoms with van der Waals surface area (Å²) >= 11 is 0. The van der Waals surface area contributed by atoms with Crippen molar-refractivity contribution in [2.75, 3.05) is 26.3 Å². The average Bonchev–Trinajstić information content (AvgIpc) is 2.72. The summed E-state index contributed by atoms with van der Waals surface area (Å²) in [6.07, 6.45) is 1.40. The molecule has 1 amide bonds. The molecule has 27 heavy (non-hydrogen) atoms. The number of rotatable bonds is 9. The summed E-state index contributed by atoms with van der Waals surface area (Å²) in [4.78, 5) is 13.8. The van der Waals surface area contributed by atoms with Crippen molar-refractivity contribution in [1.29, 1.82) is 5.26 Å². The van der Waals surface area contributed by atoms with Gasteiger partial charge in [0, 0.05) is 19.3 Å². The van der Waals surface area contributed by atoms with Gasteiger partial charge in [-0.15, -0.1) is 0 Å². The molecule has 0 aliphatic rings. The number of benzene rings is 2. The molecule has 3 N–H and O–H groups in total. The number of aliphatic hydroxyl groups excluding tert-OH is 2. The molecule has 6 nitrogen and oxygen atoms in total. The van der Waals surface area contributed by atoms with Crippen LogP contribution in [-0.4, -0.2) is 47.3 Å². The molecular formula is C21H23N3O3. The Balaban J connectivity index is 2.28. The van der Waals surface area contributed by atoms with Crippen LogP contribution in [0, 0.1) is 11.3 Å². The Bertz CT molecular complexity index is 740. The van der Waals surface area contributed by atoms with E-state index in [2.05, 4.69) is 5.32 Å². The number of nitriles is 1. The van der Waals surface area contributed by atoms with Crippen LogP contribution in [0.4, 0.5) is 0 Å². The number of aliphatic hydroxyl groups is 2. The SMILES string of the molecule is N#C/C(=C/NC(c1ccccc1)c1ccccc1)C(=O)N(CCO)CCO. The Morgan fingerprint density at radius 1 is 1.00 bits per heavy atom. The maximum atomic E-state index is 12.5. The molecule has 0 aliphatic heterocycles. The fourth-order valence-corrected chi connectivity index (χ4v) is 2.71. The largest absolute Gasteiger partial charge is 0.395 e. The smallest absolute Gasteiger partial charge is 0.266 e. The van der Waals surface area contributed by atoms with Gasteiger partial charge >= 0.3 is 0 Å². The molecular weight excluding hydrogens is 342 g/mol. The topological polar surface area (TPSA) is 96.6 Å². The lowest BCUT2D eigenvalue weighted by molar-refractivity contribution is -0.127. The van der Waals surface area contributed by atoms with Gasteiger partial charge in [-0.25, -0.2) is 0 Å². The van der Waals surface area contributed by atoms with Crippen LogP contribution in [0.15, 0.2) is 72.4 Å². The highest BCUT2D eigenvalue weighted by Crippen LogP contribution is 2.22. The second-order valence-electron chi connectivity index (χ2n) is 5.83. The summed E-state index contributed by atoms with van der Waals surface area (Å²) in [5, 5.41) is 30.7. The molecule has 140 valence electrons. The molecule has 0 saturated carbocycles. The van der Waals surface area contributed by atoms with E-state index < -0.39 is 5.91 Å². The van der Waals surface area contributed by atoms with Gasteiger partial charge in [0.25, 0.3) is 5.91 Å². The lowest BCUT2D eigenvalue weighted by atomic mass is 9.99. The quantitative estimate of drug-likeness (QED) is 0.463. The van der Waals surface area contributed by atoms with Gasteiger partial charge < -0.3 is 20.4 Å². The first-order valence-corrected chi connectivity index (χ1v) is 8.68. The average molecular weight is 365 g/mol. The van der Waals surface area contributed by atoms with E-state index in [0.29, 0.717) is 0 Å². The first-order chi connectivity index (χ1) is 13.2. The Morgan fingerprint density at radius 3 is 1.89 bits per heavy atom. The summed E-state index contributed by atoms with van der Waals surface area (Å²) in [5.41, 5.74) is 1.90. The van der Waals surface area contributed by atoms with E-state index in [0.717, 1.165) is 11.1 Å². The molecule has 2 aromatic carbocycles. The molecule has 2 rings (SSSR count). The molecule has 0 heterocycles. The van der Waals surface area contributed by atoms with Crippen LogP contribution < -0.4 is 5.32 Å². The predicted octanol–water partition coefficient (Wildman–Crippen LogP) is 1.59. The third-order valence-electron chi connectivity index (χ3n) is 4.04. The minimum Gasteiger partial charge on any atom is -0.395 e. The van der Waals surface area contributed by atoms with Crippen molar-refractivity contribution in [3.05, 3.63) is 83.6 Å². The van der Waals surface area contributed by atoms with Crippen LogP contribution >= 0.6 is 0 Å². The van der Waals surface area contributed by atoms with E-state index in [1.165, 1.54) is 11.1 Å². The second kappa shape index (κ2) is 10.8. The summed E-state index contributed by atoms with van der Waals surface area (Å²) < 4.78 is 0. The van der Waals surface area contributed by atoms with Crippen molar-refractivity contribution in [1.82, 2.24) is 10.2 Å². The zero-order valence-corrected chi connectivity index (χ0v) is 15.0. The van der Waals surface area contributed by atoms with E-state index in [9.17, 15) is 10.1 Å². The van der Waals surface area contributed by atoms with Gasteiger partial charge in [-0.2, -0.15) is 5.26 Å². The Kier molecular flexibility index (Phi) is 8.04. The molecule has 0 saturated heterocycles. The zero-order chi connectivity index (χ0) is 19.5. The Morgan fingerprint density at radius 2 is 1.48 bits per heavy atom. The number of carbonyl (C=O) groups excluding carboxylic acids is 1. The van der Waals surface area contributed by atoms with E-state index >= 15 is 0 Å². The fraction of sp³-hybridized carbons (Fsp3) is 0.238. The predicted molar refractivity (Wildman–Crippen MR) is 102 cm³/mol. The van der Waals surface area contributed by atoms with Gasteiger partial charge in [-0.1, -0.05) is 60.7 Å². The third-order valence-corrected chi connectivity index (χ3v) is 4.04. The standard InChI is InChI=1S/C21H23N3O3/c22-15-19(21(27)24(11-13-25)12-14-26)16-23-20(17-7-3-1-4-8-17)18-9-5-2-6-10-18/h1-10,16,20,23,25-26H,11-14H2/b19-16-. The van der Waals surface area contributed by atoms with E-state index in [4.69, 9.17) is 10.2 Å². The molecule has 0 unspecified atom stereocenters. The third kappa shape index (κ3) is 5.68. The first-order valence-electron chi connectivity index (χ1n) is 8.68. The van der Waals surface area contributed by atoms with E-state index in [1.807, 2.05) is 66.7 Å².